The SMILES string of the molecule is Cc1ccccc1CN(C(=O)CCc1ccc2c(c1)OCCO2)[C@H](Cc1ccccc1)C(=O)NC1CCCCC1. The number of carbonyl (C=O) groups is 2. The van der Waals surface area contributed by atoms with Gasteiger partial charge in [-0.25, -0.2) is 0 Å². The van der Waals surface area contributed by atoms with Crippen molar-refractivity contribution in [3.8, 4) is 11.5 Å². The average Bonchev–Trinajstić information content (AvgIpc) is 2.99. The lowest BCUT2D eigenvalue weighted by Crippen LogP contribution is -2.53. The van der Waals surface area contributed by atoms with Gasteiger partial charge in [-0.2, -0.15) is 0 Å². The molecule has 40 heavy (non-hydrogen) atoms. The Labute approximate surface area is 237 Å². The lowest BCUT2D eigenvalue weighted by molar-refractivity contribution is -0.141. The molecule has 1 fully saturated rings. The molecule has 1 heterocycles. The van der Waals surface area contributed by atoms with Gasteiger partial charge in [0, 0.05) is 25.4 Å². The Morgan fingerprint density at radius 2 is 1.60 bits per heavy atom. The van der Waals surface area contributed by atoms with Crippen molar-refractivity contribution in [2.75, 3.05) is 13.2 Å². The molecule has 2 aliphatic rings. The second-order valence-corrected chi connectivity index (χ2v) is 11.0. The van der Waals surface area contributed by atoms with E-state index in [9.17, 15) is 9.59 Å². The Hall–Kier alpha value is -3.80. The molecule has 6 nitrogen and oxygen atoms in total. The number of nitrogens with one attached hydrogen (secondary N) is 1. The minimum Gasteiger partial charge on any atom is -0.486 e. The summed E-state index contributed by atoms with van der Waals surface area (Å²) in [6, 6.07) is 23.6. The fraction of sp³-hybridized carbons (Fsp3) is 0.412. The molecular weight excluding hydrogens is 500 g/mol. The Bertz CT molecular complexity index is 1290. The lowest BCUT2D eigenvalue weighted by atomic mass is 9.94. The predicted octanol–water partition coefficient (Wildman–Crippen LogP) is 5.79. The number of amides is 2. The molecule has 1 aliphatic heterocycles. The van der Waals surface area contributed by atoms with Crippen LogP contribution in [-0.4, -0.2) is 42.0 Å². The molecule has 6 heteroatoms. The van der Waals surface area contributed by atoms with E-state index in [0.29, 0.717) is 39.0 Å². The summed E-state index contributed by atoms with van der Waals surface area (Å²) in [4.78, 5) is 29.8. The molecule has 210 valence electrons. The van der Waals surface area contributed by atoms with E-state index in [1.807, 2.05) is 65.6 Å². The number of ether oxygens (including phenoxy) is 2. The number of fused-ring (bicyclic) bond motifs is 1. The number of hydrogen-bond acceptors (Lipinski definition) is 4. The zero-order chi connectivity index (χ0) is 27.7. The van der Waals surface area contributed by atoms with Crippen LogP contribution in [0.2, 0.25) is 0 Å². The Balaban J connectivity index is 1.40. The molecule has 0 radical (unpaired) electrons. The van der Waals surface area contributed by atoms with E-state index in [2.05, 4.69) is 24.4 Å². The molecule has 2 amide bonds. The van der Waals surface area contributed by atoms with Crippen LogP contribution in [0.15, 0.2) is 72.8 Å². The molecule has 0 unspecified atom stereocenters. The Kier molecular flexibility index (Phi) is 9.38. The van der Waals surface area contributed by atoms with Gasteiger partial charge in [-0.15, -0.1) is 0 Å². The van der Waals surface area contributed by atoms with Crippen LogP contribution in [0.3, 0.4) is 0 Å². The number of rotatable bonds is 10. The topological polar surface area (TPSA) is 67.9 Å². The van der Waals surface area contributed by atoms with Crippen molar-refractivity contribution in [1.82, 2.24) is 10.2 Å². The summed E-state index contributed by atoms with van der Waals surface area (Å²) in [7, 11) is 0. The first-order valence-corrected chi connectivity index (χ1v) is 14.6. The number of nitrogens with zero attached hydrogens (tertiary/aromatic N) is 1. The largest absolute Gasteiger partial charge is 0.486 e. The van der Waals surface area contributed by atoms with Gasteiger partial charge in [0.25, 0.3) is 0 Å². The van der Waals surface area contributed by atoms with Gasteiger partial charge < -0.3 is 19.7 Å². The van der Waals surface area contributed by atoms with Gasteiger partial charge in [0.1, 0.15) is 19.3 Å². The van der Waals surface area contributed by atoms with E-state index in [1.54, 1.807) is 0 Å². The maximum atomic E-state index is 14.0. The quantitative estimate of drug-likeness (QED) is 0.354. The third-order valence-corrected chi connectivity index (χ3v) is 8.06. The average molecular weight is 541 g/mol. The van der Waals surface area contributed by atoms with Crippen LogP contribution < -0.4 is 14.8 Å². The fourth-order valence-electron chi connectivity index (χ4n) is 5.71. The summed E-state index contributed by atoms with van der Waals surface area (Å²) >= 11 is 0. The molecule has 0 bridgehead atoms. The Morgan fingerprint density at radius 1 is 0.875 bits per heavy atom. The molecule has 0 saturated heterocycles. The van der Waals surface area contributed by atoms with Crippen LogP contribution in [0, 0.1) is 6.92 Å². The molecule has 1 aliphatic carbocycles. The van der Waals surface area contributed by atoms with Crippen LogP contribution in [0.4, 0.5) is 0 Å². The molecule has 1 atom stereocenters. The Morgan fingerprint density at radius 3 is 2.38 bits per heavy atom. The maximum absolute atomic E-state index is 14.0. The summed E-state index contributed by atoms with van der Waals surface area (Å²) < 4.78 is 11.4. The maximum Gasteiger partial charge on any atom is 0.243 e. The molecule has 3 aromatic rings. The highest BCUT2D eigenvalue weighted by molar-refractivity contribution is 5.88. The van der Waals surface area contributed by atoms with Crippen LogP contribution in [0.25, 0.3) is 0 Å². The monoisotopic (exact) mass is 540 g/mol. The predicted molar refractivity (Wildman–Crippen MR) is 156 cm³/mol. The second-order valence-electron chi connectivity index (χ2n) is 11.0. The smallest absolute Gasteiger partial charge is 0.243 e. The first-order valence-electron chi connectivity index (χ1n) is 14.6. The zero-order valence-electron chi connectivity index (χ0n) is 23.4. The first kappa shape index (κ1) is 27.8. The van der Waals surface area contributed by atoms with E-state index in [4.69, 9.17) is 9.47 Å². The third-order valence-electron chi connectivity index (χ3n) is 8.06. The highest BCUT2D eigenvalue weighted by Crippen LogP contribution is 2.31. The van der Waals surface area contributed by atoms with Crippen molar-refractivity contribution in [1.29, 1.82) is 0 Å². The minimum absolute atomic E-state index is 0.0298. The van der Waals surface area contributed by atoms with Crippen LogP contribution >= 0.6 is 0 Å². The van der Waals surface area contributed by atoms with Crippen molar-refractivity contribution in [2.24, 2.45) is 0 Å². The highest BCUT2D eigenvalue weighted by Gasteiger charge is 2.32. The summed E-state index contributed by atoms with van der Waals surface area (Å²) in [6.45, 7) is 3.52. The van der Waals surface area contributed by atoms with E-state index in [0.717, 1.165) is 59.4 Å². The number of hydrogen-bond donors (Lipinski definition) is 1. The second kappa shape index (κ2) is 13.5. The van der Waals surface area contributed by atoms with Crippen molar-refractivity contribution in [3.05, 3.63) is 95.1 Å². The normalized spacial score (nSPS) is 15.7. The van der Waals surface area contributed by atoms with Crippen molar-refractivity contribution < 1.29 is 19.1 Å². The van der Waals surface area contributed by atoms with Crippen LogP contribution in [-0.2, 0) is 29.0 Å². The standard InChI is InChI=1S/C34H40N2O4/c1-25-10-8-9-13-28(25)24-36(33(37)19-17-27-16-18-31-32(23-27)40-21-20-39-31)30(22-26-11-4-2-5-12-26)34(38)35-29-14-6-3-7-15-29/h2,4-5,8-13,16,18,23,29-30H,3,6-7,14-15,17,19-22,24H2,1H3,(H,35,38)/t30-/m1/s1. The van der Waals surface area contributed by atoms with Gasteiger partial charge in [-0.1, -0.05) is 79.9 Å². The minimum atomic E-state index is -0.600. The molecule has 0 aromatic heterocycles. The first-order chi connectivity index (χ1) is 19.6. The highest BCUT2D eigenvalue weighted by atomic mass is 16.6. The van der Waals surface area contributed by atoms with Crippen molar-refractivity contribution in [2.45, 2.75) is 76.9 Å². The van der Waals surface area contributed by atoms with E-state index in [1.165, 1.54) is 6.42 Å². The lowest BCUT2D eigenvalue weighted by Gasteiger charge is -2.34. The third kappa shape index (κ3) is 7.23. The number of aryl methyl sites for hydroxylation is 2. The van der Waals surface area contributed by atoms with Crippen molar-refractivity contribution >= 4 is 11.8 Å². The van der Waals surface area contributed by atoms with Gasteiger partial charge in [-0.3, -0.25) is 9.59 Å². The van der Waals surface area contributed by atoms with E-state index >= 15 is 0 Å². The zero-order valence-corrected chi connectivity index (χ0v) is 23.4. The molecule has 3 aromatic carbocycles. The van der Waals surface area contributed by atoms with Gasteiger partial charge in [0.15, 0.2) is 11.5 Å². The van der Waals surface area contributed by atoms with Gasteiger partial charge in [0.2, 0.25) is 11.8 Å². The van der Waals surface area contributed by atoms with Crippen LogP contribution in [0.1, 0.15) is 60.8 Å². The van der Waals surface area contributed by atoms with Crippen LogP contribution in [0.5, 0.6) is 11.5 Å². The molecule has 1 N–H and O–H groups in total. The van der Waals surface area contributed by atoms with Gasteiger partial charge in [-0.05, 0) is 60.6 Å². The van der Waals surface area contributed by atoms with E-state index < -0.39 is 6.04 Å². The van der Waals surface area contributed by atoms with E-state index in [-0.39, 0.29) is 17.9 Å². The summed E-state index contributed by atoms with van der Waals surface area (Å²) in [5, 5.41) is 3.32. The van der Waals surface area contributed by atoms with Gasteiger partial charge >= 0.3 is 0 Å². The summed E-state index contributed by atoms with van der Waals surface area (Å²) in [5.74, 6) is 1.38. The molecule has 0 spiro atoms. The molecule has 5 rings (SSSR count). The molecular formula is C34H40N2O4. The fourth-order valence-corrected chi connectivity index (χ4v) is 5.71. The summed E-state index contributed by atoms with van der Waals surface area (Å²) in [6.07, 6.45) is 6.82. The van der Waals surface area contributed by atoms with Gasteiger partial charge in [0.05, 0.1) is 0 Å². The molecule has 1 saturated carbocycles. The summed E-state index contributed by atoms with van der Waals surface area (Å²) in [5.41, 5.74) is 4.22. The number of benzene rings is 3. The number of carbonyl (C=O) groups excluding carboxylic acids is 2. The van der Waals surface area contributed by atoms with Crippen molar-refractivity contribution in [3.63, 3.8) is 0 Å².